The second-order valence-electron chi connectivity index (χ2n) is 4.95. The number of benzene rings is 2. The van der Waals surface area contributed by atoms with Gasteiger partial charge >= 0.3 is 0 Å². The lowest BCUT2D eigenvalue weighted by atomic mass is 10.0. The summed E-state index contributed by atoms with van der Waals surface area (Å²) in [4.78, 5) is 13.5. The standard InChI is InChI=1S/C16H14N6OS/c1-22-20-15(19-21-22)18-16(24)17-14(23)13-9-7-12(8-10-13)11-5-3-2-4-6-11/h2-10H,1H3,(H2,17,18,20,23,24). The average molecular weight is 338 g/mol. The van der Waals surface area contributed by atoms with Crippen molar-refractivity contribution in [2.45, 2.75) is 0 Å². The molecule has 24 heavy (non-hydrogen) atoms. The van der Waals surface area contributed by atoms with Gasteiger partial charge in [0.15, 0.2) is 5.11 Å². The van der Waals surface area contributed by atoms with E-state index in [2.05, 4.69) is 26.0 Å². The Kier molecular flexibility index (Phi) is 4.57. The van der Waals surface area contributed by atoms with Gasteiger partial charge in [-0.25, -0.2) is 0 Å². The first-order valence-electron chi connectivity index (χ1n) is 7.13. The summed E-state index contributed by atoms with van der Waals surface area (Å²) in [7, 11) is 1.63. The van der Waals surface area contributed by atoms with Gasteiger partial charge in [-0.15, -0.1) is 5.10 Å². The molecule has 3 rings (SSSR count). The molecule has 8 heteroatoms. The number of thiocarbonyl (C=S) groups is 1. The largest absolute Gasteiger partial charge is 0.299 e. The van der Waals surface area contributed by atoms with Gasteiger partial charge in [-0.2, -0.15) is 4.80 Å². The van der Waals surface area contributed by atoms with Crippen LogP contribution in [0.4, 0.5) is 5.95 Å². The van der Waals surface area contributed by atoms with Crippen molar-refractivity contribution in [3.8, 4) is 11.1 Å². The molecule has 0 fully saturated rings. The van der Waals surface area contributed by atoms with Gasteiger partial charge in [-0.3, -0.25) is 15.4 Å². The third-order valence-electron chi connectivity index (χ3n) is 3.21. The van der Waals surface area contributed by atoms with Crippen LogP contribution < -0.4 is 10.6 Å². The van der Waals surface area contributed by atoms with Gasteiger partial charge in [0.1, 0.15) is 0 Å². The highest BCUT2D eigenvalue weighted by Gasteiger charge is 2.10. The number of aromatic nitrogens is 4. The fourth-order valence-electron chi connectivity index (χ4n) is 2.09. The summed E-state index contributed by atoms with van der Waals surface area (Å²) in [6, 6.07) is 17.2. The molecule has 1 heterocycles. The first-order chi connectivity index (χ1) is 11.6. The van der Waals surface area contributed by atoms with Crippen molar-refractivity contribution in [1.29, 1.82) is 0 Å². The predicted octanol–water partition coefficient (Wildman–Crippen LogP) is 2.00. The molecule has 2 N–H and O–H groups in total. The Labute approximate surface area is 143 Å². The van der Waals surface area contributed by atoms with Gasteiger partial charge in [0.25, 0.3) is 11.9 Å². The maximum absolute atomic E-state index is 12.2. The monoisotopic (exact) mass is 338 g/mol. The Morgan fingerprint density at radius 3 is 2.33 bits per heavy atom. The quantitative estimate of drug-likeness (QED) is 0.711. The number of amides is 1. The minimum absolute atomic E-state index is 0.111. The lowest BCUT2D eigenvalue weighted by Gasteiger charge is -2.07. The van der Waals surface area contributed by atoms with Gasteiger partial charge in [-0.05, 0) is 40.7 Å². The fraction of sp³-hybridized carbons (Fsp3) is 0.0625. The van der Waals surface area contributed by atoms with Crippen molar-refractivity contribution >= 4 is 29.2 Å². The molecule has 0 spiro atoms. The average Bonchev–Trinajstić information content (AvgIpc) is 3.00. The molecular weight excluding hydrogens is 324 g/mol. The van der Waals surface area contributed by atoms with Gasteiger partial charge in [0.05, 0.1) is 7.05 Å². The number of hydrogen-bond acceptors (Lipinski definition) is 5. The Hall–Kier alpha value is -3.13. The van der Waals surface area contributed by atoms with E-state index < -0.39 is 0 Å². The SMILES string of the molecule is Cn1nnc(NC(=S)NC(=O)c2ccc(-c3ccccc3)cc2)n1. The number of nitrogens with zero attached hydrogens (tertiary/aromatic N) is 4. The third-order valence-corrected chi connectivity index (χ3v) is 3.42. The van der Waals surface area contributed by atoms with Crippen molar-refractivity contribution in [3.05, 3.63) is 60.2 Å². The summed E-state index contributed by atoms with van der Waals surface area (Å²) in [5, 5.41) is 16.7. The van der Waals surface area contributed by atoms with Crippen LogP contribution in [-0.2, 0) is 7.05 Å². The van der Waals surface area contributed by atoms with E-state index >= 15 is 0 Å². The van der Waals surface area contributed by atoms with Crippen LogP contribution in [0, 0.1) is 0 Å². The summed E-state index contributed by atoms with van der Waals surface area (Å²) in [5.41, 5.74) is 2.64. The zero-order valence-electron chi connectivity index (χ0n) is 12.8. The van der Waals surface area contributed by atoms with Crippen LogP contribution in [0.1, 0.15) is 10.4 Å². The van der Waals surface area contributed by atoms with Crippen LogP contribution in [-0.4, -0.2) is 31.2 Å². The van der Waals surface area contributed by atoms with E-state index in [0.29, 0.717) is 5.56 Å². The third kappa shape index (κ3) is 3.79. The molecule has 1 aromatic heterocycles. The van der Waals surface area contributed by atoms with E-state index in [1.165, 1.54) is 4.80 Å². The minimum atomic E-state index is -0.309. The van der Waals surface area contributed by atoms with Crippen molar-refractivity contribution in [1.82, 2.24) is 25.5 Å². The predicted molar refractivity (Wildman–Crippen MR) is 94.4 cm³/mol. The number of anilines is 1. The van der Waals surface area contributed by atoms with Gasteiger partial charge in [-0.1, -0.05) is 47.6 Å². The van der Waals surface area contributed by atoms with Crippen LogP contribution in [0.15, 0.2) is 54.6 Å². The lowest BCUT2D eigenvalue weighted by molar-refractivity contribution is 0.0978. The number of rotatable bonds is 3. The van der Waals surface area contributed by atoms with Crippen LogP contribution in [0.3, 0.4) is 0 Å². The van der Waals surface area contributed by atoms with Crippen molar-refractivity contribution in [2.75, 3.05) is 5.32 Å². The highest BCUT2D eigenvalue weighted by atomic mass is 32.1. The zero-order valence-corrected chi connectivity index (χ0v) is 13.6. The minimum Gasteiger partial charge on any atom is -0.299 e. The number of nitrogens with one attached hydrogen (secondary N) is 2. The Bertz CT molecular complexity index is 860. The molecule has 0 aliphatic heterocycles. The van der Waals surface area contributed by atoms with Gasteiger partial charge < -0.3 is 0 Å². The highest BCUT2D eigenvalue weighted by molar-refractivity contribution is 7.80. The molecule has 0 saturated heterocycles. The molecule has 3 aromatic rings. The first-order valence-corrected chi connectivity index (χ1v) is 7.54. The molecule has 0 unspecified atom stereocenters. The van der Waals surface area contributed by atoms with E-state index in [1.54, 1.807) is 19.2 Å². The Balaban J connectivity index is 1.63. The van der Waals surface area contributed by atoms with Crippen LogP contribution in [0.25, 0.3) is 11.1 Å². The summed E-state index contributed by atoms with van der Waals surface area (Å²) in [5.74, 6) is -0.0850. The molecule has 0 aliphatic carbocycles. The summed E-state index contributed by atoms with van der Waals surface area (Å²) < 4.78 is 0. The smallest absolute Gasteiger partial charge is 0.269 e. The number of carbonyl (C=O) groups excluding carboxylic acids is 1. The molecular formula is C16H14N6OS. The Morgan fingerprint density at radius 2 is 1.71 bits per heavy atom. The van der Waals surface area contributed by atoms with E-state index in [9.17, 15) is 4.79 Å². The molecule has 0 atom stereocenters. The van der Waals surface area contributed by atoms with Gasteiger partial charge in [0, 0.05) is 5.56 Å². The van der Waals surface area contributed by atoms with E-state index in [0.717, 1.165) is 11.1 Å². The molecule has 120 valence electrons. The normalized spacial score (nSPS) is 10.2. The van der Waals surface area contributed by atoms with Crippen LogP contribution in [0.2, 0.25) is 0 Å². The lowest BCUT2D eigenvalue weighted by Crippen LogP contribution is -2.34. The van der Waals surface area contributed by atoms with E-state index in [-0.39, 0.29) is 17.0 Å². The van der Waals surface area contributed by atoms with E-state index in [1.807, 2.05) is 42.5 Å². The molecule has 7 nitrogen and oxygen atoms in total. The van der Waals surface area contributed by atoms with E-state index in [4.69, 9.17) is 12.2 Å². The van der Waals surface area contributed by atoms with Crippen molar-refractivity contribution in [3.63, 3.8) is 0 Å². The molecule has 0 aliphatic rings. The molecule has 1 amide bonds. The van der Waals surface area contributed by atoms with Crippen LogP contribution in [0.5, 0.6) is 0 Å². The number of aryl methyl sites for hydroxylation is 1. The number of hydrogen-bond donors (Lipinski definition) is 2. The number of tetrazole rings is 1. The molecule has 0 saturated carbocycles. The van der Waals surface area contributed by atoms with Crippen molar-refractivity contribution < 1.29 is 4.79 Å². The first kappa shape index (κ1) is 15.8. The summed E-state index contributed by atoms with van der Waals surface area (Å²) in [6.45, 7) is 0. The maximum atomic E-state index is 12.2. The van der Waals surface area contributed by atoms with Crippen LogP contribution >= 0.6 is 12.2 Å². The zero-order chi connectivity index (χ0) is 16.9. The summed E-state index contributed by atoms with van der Waals surface area (Å²) in [6.07, 6.45) is 0. The maximum Gasteiger partial charge on any atom is 0.269 e. The summed E-state index contributed by atoms with van der Waals surface area (Å²) >= 11 is 5.06. The Morgan fingerprint density at radius 1 is 1.04 bits per heavy atom. The fourth-order valence-corrected chi connectivity index (χ4v) is 2.27. The molecule has 2 aromatic carbocycles. The topological polar surface area (TPSA) is 84.7 Å². The van der Waals surface area contributed by atoms with Crippen molar-refractivity contribution in [2.24, 2.45) is 7.05 Å². The van der Waals surface area contributed by atoms with Gasteiger partial charge in [0.2, 0.25) is 0 Å². The number of carbonyl (C=O) groups is 1. The highest BCUT2D eigenvalue weighted by Crippen LogP contribution is 2.19. The molecule has 0 bridgehead atoms. The molecule has 0 radical (unpaired) electrons. The second-order valence-corrected chi connectivity index (χ2v) is 5.36. The second kappa shape index (κ2) is 6.97.